The van der Waals surface area contributed by atoms with Gasteiger partial charge < -0.3 is 5.32 Å². The van der Waals surface area contributed by atoms with Crippen LogP contribution in [-0.2, 0) is 6.54 Å². The topological polar surface area (TPSA) is 12.0 Å². The fourth-order valence-corrected chi connectivity index (χ4v) is 1.35. The van der Waals surface area contributed by atoms with Crippen molar-refractivity contribution in [2.75, 3.05) is 6.54 Å². The van der Waals surface area contributed by atoms with Gasteiger partial charge in [0.2, 0.25) is 0 Å². The summed E-state index contributed by atoms with van der Waals surface area (Å²) in [5, 5.41) is 3.45. The minimum atomic E-state index is -0.355. The molecule has 0 aliphatic carbocycles. The van der Waals surface area contributed by atoms with Crippen LogP contribution in [0.15, 0.2) is 18.2 Å². The third-order valence-corrected chi connectivity index (χ3v) is 2.27. The SMILES string of the molecule is CC(C)(C)CNCc1ccc(Cl)c(F)c1. The molecule has 15 heavy (non-hydrogen) atoms. The maximum absolute atomic E-state index is 13.1. The second-order valence-corrected chi connectivity index (χ2v) is 5.32. The Balaban J connectivity index is 2.48. The monoisotopic (exact) mass is 229 g/mol. The molecule has 1 nitrogen and oxygen atoms in total. The predicted octanol–water partition coefficient (Wildman–Crippen LogP) is 3.61. The second kappa shape index (κ2) is 4.95. The minimum Gasteiger partial charge on any atom is -0.312 e. The van der Waals surface area contributed by atoms with Crippen LogP contribution in [0.25, 0.3) is 0 Å². The molecule has 0 amide bonds. The van der Waals surface area contributed by atoms with Gasteiger partial charge in [0.25, 0.3) is 0 Å². The molecule has 1 aromatic rings. The van der Waals surface area contributed by atoms with Crippen LogP contribution in [0.1, 0.15) is 26.3 Å². The van der Waals surface area contributed by atoms with Gasteiger partial charge in [0.1, 0.15) is 5.82 Å². The lowest BCUT2D eigenvalue weighted by Gasteiger charge is -2.18. The molecule has 0 unspecified atom stereocenters. The van der Waals surface area contributed by atoms with Crippen molar-refractivity contribution < 1.29 is 4.39 Å². The van der Waals surface area contributed by atoms with E-state index < -0.39 is 0 Å². The van der Waals surface area contributed by atoms with Crippen LogP contribution in [0.4, 0.5) is 4.39 Å². The zero-order valence-corrected chi connectivity index (χ0v) is 10.2. The molecule has 1 N–H and O–H groups in total. The Hall–Kier alpha value is -0.600. The molecule has 0 bridgehead atoms. The summed E-state index contributed by atoms with van der Waals surface area (Å²) in [7, 11) is 0. The Morgan fingerprint density at radius 3 is 2.53 bits per heavy atom. The highest BCUT2D eigenvalue weighted by molar-refractivity contribution is 6.30. The summed E-state index contributed by atoms with van der Waals surface area (Å²) in [6, 6.07) is 4.89. The Bertz CT molecular complexity index is 331. The van der Waals surface area contributed by atoms with Crippen molar-refractivity contribution in [3.63, 3.8) is 0 Å². The van der Waals surface area contributed by atoms with E-state index in [-0.39, 0.29) is 16.3 Å². The van der Waals surface area contributed by atoms with Crippen molar-refractivity contribution in [2.45, 2.75) is 27.3 Å². The third kappa shape index (κ3) is 4.63. The van der Waals surface area contributed by atoms with Gasteiger partial charge in [-0.3, -0.25) is 0 Å². The summed E-state index contributed by atoms with van der Waals surface area (Å²) in [4.78, 5) is 0. The van der Waals surface area contributed by atoms with Crippen LogP contribution in [-0.4, -0.2) is 6.54 Å². The molecule has 84 valence electrons. The summed E-state index contributed by atoms with van der Waals surface area (Å²) < 4.78 is 13.1. The summed E-state index contributed by atoms with van der Waals surface area (Å²) in [6.07, 6.45) is 0. The molecular weight excluding hydrogens is 213 g/mol. The second-order valence-electron chi connectivity index (χ2n) is 4.91. The van der Waals surface area contributed by atoms with Crippen LogP contribution < -0.4 is 5.32 Å². The molecule has 3 heteroatoms. The maximum atomic E-state index is 13.1. The van der Waals surface area contributed by atoms with Crippen molar-refractivity contribution in [2.24, 2.45) is 5.41 Å². The van der Waals surface area contributed by atoms with E-state index in [1.807, 2.05) is 6.07 Å². The van der Waals surface area contributed by atoms with Crippen molar-refractivity contribution in [3.8, 4) is 0 Å². The number of halogens is 2. The number of rotatable bonds is 3. The van der Waals surface area contributed by atoms with Crippen molar-refractivity contribution in [3.05, 3.63) is 34.6 Å². The fraction of sp³-hybridized carbons (Fsp3) is 0.500. The van der Waals surface area contributed by atoms with Gasteiger partial charge in [-0.15, -0.1) is 0 Å². The summed E-state index contributed by atoms with van der Waals surface area (Å²) in [5.74, 6) is -0.355. The average Bonchev–Trinajstić information content (AvgIpc) is 2.09. The predicted molar refractivity (Wildman–Crippen MR) is 62.6 cm³/mol. The number of hydrogen-bond acceptors (Lipinski definition) is 1. The van der Waals surface area contributed by atoms with E-state index in [2.05, 4.69) is 26.1 Å². The summed E-state index contributed by atoms with van der Waals surface area (Å²) >= 11 is 5.59. The molecule has 0 aliphatic heterocycles. The maximum Gasteiger partial charge on any atom is 0.142 e. The van der Waals surface area contributed by atoms with Gasteiger partial charge in [0.15, 0.2) is 0 Å². The zero-order valence-electron chi connectivity index (χ0n) is 9.40. The van der Waals surface area contributed by atoms with Crippen LogP contribution in [0.5, 0.6) is 0 Å². The first-order valence-corrected chi connectivity index (χ1v) is 5.41. The Labute approximate surface area is 95.6 Å². The molecule has 0 radical (unpaired) electrons. The summed E-state index contributed by atoms with van der Waals surface area (Å²) in [6.45, 7) is 8.04. The van der Waals surface area contributed by atoms with Crippen molar-refractivity contribution >= 4 is 11.6 Å². The van der Waals surface area contributed by atoms with Gasteiger partial charge in [0.05, 0.1) is 5.02 Å². The largest absolute Gasteiger partial charge is 0.312 e. The Morgan fingerprint density at radius 2 is 2.00 bits per heavy atom. The number of nitrogens with one attached hydrogen (secondary N) is 1. The standard InChI is InChI=1S/C12H17ClFN/c1-12(2,3)8-15-7-9-4-5-10(13)11(14)6-9/h4-6,15H,7-8H2,1-3H3. The smallest absolute Gasteiger partial charge is 0.142 e. The third-order valence-electron chi connectivity index (χ3n) is 1.97. The first-order valence-electron chi connectivity index (χ1n) is 5.03. The quantitative estimate of drug-likeness (QED) is 0.835. The lowest BCUT2D eigenvalue weighted by Crippen LogP contribution is -2.26. The molecule has 1 rings (SSSR count). The van der Waals surface area contributed by atoms with E-state index >= 15 is 0 Å². The molecule has 0 saturated carbocycles. The minimum absolute atomic E-state index is 0.176. The first-order chi connectivity index (χ1) is 6.88. The van der Waals surface area contributed by atoms with E-state index in [0.717, 1.165) is 12.1 Å². The van der Waals surface area contributed by atoms with Crippen LogP contribution in [0.2, 0.25) is 5.02 Å². The molecular formula is C12H17ClFN. The van der Waals surface area contributed by atoms with Gasteiger partial charge in [-0.25, -0.2) is 4.39 Å². The van der Waals surface area contributed by atoms with E-state index in [0.29, 0.717) is 6.54 Å². The normalized spacial score (nSPS) is 11.8. The number of hydrogen-bond donors (Lipinski definition) is 1. The van der Waals surface area contributed by atoms with Crippen LogP contribution in [0.3, 0.4) is 0 Å². The molecule has 0 heterocycles. The molecule has 0 spiro atoms. The van der Waals surface area contributed by atoms with E-state index in [1.54, 1.807) is 6.07 Å². The van der Waals surface area contributed by atoms with Gasteiger partial charge in [-0.05, 0) is 23.1 Å². The number of benzene rings is 1. The molecule has 0 aromatic heterocycles. The fourth-order valence-electron chi connectivity index (χ4n) is 1.23. The van der Waals surface area contributed by atoms with E-state index in [1.165, 1.54) is 6.07 Å². The molecule has 0 atom stereocenters. The molecule has 0 aliphatic rings. The van der Waals surface area contributed by atoms with Gasteiger partial charge in [-0.1, -0.05) is 38.4 Å². The lowest BCUT2D eigenvalue weighted by molar-refractivity contribution is 0.379. The molecule has 0 saturated heterocycles. The van der Waals surface area contributed by atoms with Crippen LogP contribution >= 0.6 is 11.6 Å². The Kier molecular flexibility index (Phi) is 4.12. The van der Waals surface area contributed by atoms with Crippen LogP contribution in [0, 0.1) is 11.2 Å². The van der Waals surface area contributed by atoms with Gasteiger partial charge in [0, 0.05) is 13.1 Å². The van der Waals surface area contributed by atoms with Gasteiger partial charge >= 0.3 is 0 Å². The highest BCUT2D eigenvalue weighted by Gasteiger charge is 2.09. The van der Waals surface area contributed by atoms with E-state index in [4.69, 9.17) is 11.6 Å². The highest BCUT2D eigenvalue weighted by Crippen LogP contribution is 2.16. The van der Waals surface area contributed by atoms with Crippen molar-refractivity contribution in [1.82, 2.24) is 5.32 Å². The molecule has 1 aromatic carbocycles. The summed E-state index contributed by atoms with van der Waals surface area (Å²) in [5.41, 5.74) is 1.16. The Morgan fingerprint density at radius 1 is 1.33 bits per heavy atom. The molecule has 0 fully saturated rings. The van der Waals surface area contributed by atoms with E-state index in [9.17, 15) is 4.39 Å². The average molecular weight is 230 g/mol. The first kappa shape index (κ1) is 12.5. The highest BCUT2D eigenvalue weighted by atomic mass is 35.5. The zero-order chi connectivity index (χ0) is 11.5. The van der Waals surface area contributed by atoms with Gasteiger partial charge in [-0.2, -0.15) is 0 Å². The lowest BCUT2D eigenvalue weighted by atomic mass is 9.97. The van der Waals surface area contributed by atoms with Crippen molar-refractivity contribution in [1.29, 1.82) is 0 Å².